The summed E-state index contributed by atoms with van der Waals surface area (Å²) in [5.74, 6) is 0. The highest BCUT2D eigenvalue weighted by molar-refractivity contribution is 9.10. The maximum Gasteiger partial charge on any atom is 0.0916 e. The van der Waals surface area contributed by atoms with Crippen molar-refractivity contribution in [3.8, 4) is 0 Å². The Morgan fingerprint density at radius 2 is 2.44 bits per heavy atom. The fourth-order valence-corrected chi connectivity index (χ4v) is 2.48. The van der Waals surface area contributed by atoms with Crippen LogP contribution in [0.2, 0.25) is 0 Å². The number of aliphatic hydroxyl groups excluding tert-OH is 1. The van der Waals surface area contributed by atoms with Gasteiger partial charge < -0.3 is 9.84 Å². The average Bonchev–Trinajstić information content (AvgIpc) is 2.66. The molecule has 1 aromatic rings. The standard InChI is InChI=1S/C12H16BrNO2/c1-12(3-2-4-16-12)11(15)6-9-5-10(13)8-14-7-9/h5,7-8,11,15H,2-4,6H2,1H3. The monoisotopic (exact) mass is 285 g/mol. The van der Waals surface area contributed by atoms with Crippen molar-refractivity contribution in [3.63, 3.8) is 0 Å². The minimum absolute atomic E-state index is 0.387. The average molecular weight is 286 g/mol. The van der Waals surface area contributed by atoms with Crippen molar-refractivity contribution in [2.75, 3.05) is 6.61 Å². The zero-order valence-corrected chi connectivity index (χ0v) is 10.9. The van der Waals surface area contributed by atoms with E-state index in [2.05, 4.69) is 20.9 Å². The Labute approximate surface area is 104 Å². The molecule has 1 aromatic heterocycles. The van der Waals surface area contributed by atoms with Gasteiger partial charge in [0, 0.05) is 29.9 Å². The lowest BCUT2D eigenvalue weighted by atomic mass is 9.91. The summed E-state index contributed by atoms with van der Waals surface area (Å²) in [6.45, 7) is 2.74. The molecule has 0 spiro atoms. The molecule has 0 radical (unpaired) electrons. The lowest BCUT2D eigenvalue weighted by Crippen LogP contribution is -2.40. The summed E-state index contributed by atoms with van der Waals surface area (Å²) >= 11 is 3.37. The molecule has 1 aliphatic heterocycles. The van der Waals surface area contributed by atoms with Gasteiger partial charge in [-0.2, -0.15) is 0 Å². The SMILES string of the molecule is CC1(C(O)Cc2cncc(Br)c2)CCCO1. The minimum atomic E-state index is -0.467. The van der Waals surface area contributed by atoms with Crippen LogP contribution in [-0.4, -0.2) is 28.4 Å². The Morgan fingerprint density at radius 1 is 1.62 bits per heavy atom. The maximum absolute atomic E-state index is 10.2. The van der Waals surface area contributed by atoms with Crippen molar-refractivity contribution in [2.24, 2.45) is 0 Å². The van der Waals surface area contributed by atoms with Crippen LogP contribution in [0.5, 0.6) is 0 Å². The number of aliphatic hydroxyl groups is 1. The number of nitrogens with zero attached hydrogens (tertiary/aromatic N) is 1. The molecule has 1 saturated heterocycles. The number of rotatable bonds is 3. The van der Waals surface area contributed by atoms with E-state index in [-0.39, 0.29) is 5.60 Å². The van der Waals surface area contributed by atoms with E-state index in [1.54, 1.807) is 12.4 Å². The van der Waals surface area contributed by atoms with Crippen LogP contribution in [-0.2, 0) is 11.2 Å². The van der Waals surface area contributed by atoms with Crippen LogP contribution in [0.3, 0.4) is 0 Å². The number of halogens is 1. The molecule has 2 rings (SSSR count). The third-order valence-electron chi connectivity index (χ3n) is 3.14. The molecule has 2 atom stereocenters. The van der Waals surface area contributed by atoms with E-state index < -0.39 is 6.10 Å². The largest absolute Gasteiger partial charge is 0.390 e. The van der Waals surface area contributed by atoms with E-state index >= 15 is 0 Å². The Balaban J connectivity index is 2.04. The molecular formula is C12H16BrNO2. The fraction of sp³-hybridized carbons (Fsp3) is 0.583. The molecule has 16 heavy (non-hydrogen) atoms. The van der Waals surface area contributed by atoms with Gasteiger partial charge in [0.25, 0.3) is 0 Å². The van der Waals surface area contributed by atoms with E-state index in [1.807, 2.05) is 13.0 Å². The van der Waals surface area contributed by atoms with Crippen LogP contribution in [0.25, 0.3) is 0 Å². The minimum Gasteiger partial charge on any atom is -0.390 e. The smallest absolute Gasteiger partial charge is 0.0916 e. The molecule has 0 bridgehead atoms. The predicted octanol–water partition coefficient (Wildman–Crippen LogP) is 2.32. The molecule has 1 fully saturated rings. The van der Waals surface area contributed by atoms with Crippen molar-refractivity contribution < 1.29 is 9.84 Å². The van der Waals surface area contributed by atoms with Gasteiger partial charge in [-0.05, 0) is 47.3 Å². The molecule has 0 aromatic carbocycles. The van der Waals surface area contributed by atoms with Gasteiger partial charge in [0.05, 0.1) is 11.7 Å². The first-order valence-corrected chi connectivity index (χ1v) is 6.31. The van der Waals surface area contributed by atoms with Gasteiger partial charge in [0.1, 0.15) is 0 Å². The summed E-state index contributed by atoms with van der Waals surface area (Å²) in [6.07, 6.45) is 5.60. The molecule has 2 heterocycles. The predicted molar refractivity (Wildman–Crippen MR) is 65.2 cm³/mol. The van der Waals surface area contributed by atoms with Crippen LogP contribution in [0.4, 0.5) is 0 Å². The van der Waals surface area contributed by atoms with Crippen molar-refractivity contribution in [1.29, 1.82) is 0 Å². The quantitative estimate of drug-likeness (QED) is 0.927. The first-order valence-electron chi connectivity index (χ1n) is 5.52. The number of hydrogen-bond acceptors (Lipinski definition) is 3. The number of hydrogen-bond donors (Lipinski definition) is 1. The zero-order valence-electron chi connectivity index (χ0n) is 9.32. The molecule has 4 heteroatoms. The Hall–Kier alpha value is -0.450. The van der Waals surface area contributed by atoms with Crippen molar-refractivity contribution in [2.45, 2.75) is 37.9 Å². The van der Waals surface area contributed by atoms with Crippen LogP contribution in [0, 0.1) is 0 Å². The summed E-state index contributed by atoms with van der Waals surface area (Å²) in [5, 5.41) is 10.2. The number of pyridine rings is 1. The summed E-state index contributed by atoms with van der Waals surface area (Å²) < 4.78 is 6.56. The van der Waals surface area contributed by atoms with Gasteiger partial charge in [-0.25, -0.2) is 0 Å². The molecule has 1 N–H and O–H groups in total. The van der Waals surface area contributed by atoms with Gasteiger partial charge in [-0.3, -0.25) is 4.98 Å². The second-order valence-electron chi connectivity index (χ2n) is 4.50. The van der Waals surface area contributed by atoms with Gasteiger partial charge >= 0.3 is 0 Å². The lowest BCUT2D eigenvalue weighted by Gasteiger charge is -2.29. The van der Waals surface area contributed by atoms with Crippen LogP contribution in [0.1, 0.15) is 25.3 Å². The molecule has 88 valence electrons. The van der Waals surface area contributed by atoms with Gasteiger partial charge in [-0.15, -0.1) is 0 Å². The molecule has 1 aliphatic rings. The Kier molecular flexibility index (Phi) is 3.62. The van der Waals surface area contributed by atoms with E-state index in [0.29, 0.717) is 6.42 Å². The highest BCUT2D eigenvalue weighted by atomic mass is 79.9. The summed E-state index contributed by atoms with van der Waals surface area (Å²) in [5.41, 5.74) is 0.640. The molecule has 0 aliphatic carbocycles. The van der Waals surface area contributed by atoms with Gasteiger partial charge in [0.15, 0.2) is 0 Å². The van der Waals surface area contributed by atoms with E-state index in [0.717, 1.165) is 29.5 Å². The topological polar surface area (TPSA) is 42.4 Å². The van der Waals surface area contributed by atoms with E-state index in [9.17, 15) is 5.11 Å². The van der Waals surface area contributed by atoms with Gasteiger partial charge in [-0.1, -0.05) is 0 Å². The summed E-state index contributed by atoms with van der Waals surface area (Å²) in [4.78, 5) is 4.09. The van der Waals surface area contributed by atoms with E-state index in [1.165, 1.54) is 0 Å². The number of ether oxygens (including phenoxy) is 1. The molecule has 0 amide bonds. The highest BCUT2D eigenvalue weighted by Gasteiger charge is 2.37. The Morgan fingerprint density at radius 3 is 3.06 bits per heavy atom. The van der Waals surface area contributed by atoms with Crippen molar-refractivity contribution >= 4 is 15.9 Å². The first kappa shape index (κ1) is 12.0. The molecule has 3 nitrogen and oxygen atoms in total. The molecule has 2 unspecified atom stereocenters. The van der Waals surface area contributed by atoms with Crippen LogP contribution < -0.4 is 0 Å². The van der Waals surface area contributed by atoms with Crippen LogP contribution in [0.15, 0.2) is 22.9 Å². The second kappa shape index (κ2) is 4.82. The molecular weight excluding hydrogens is 270 g/mol. The van der Waals surface area contributed by atoms with Crippen molar-refractivity contribution in [1.82, 2.24) is 4.98 Å². The summed E-state index contributed by atoms with van der Waals surface area (Å²) in [6, 6.07) is 1.98. The normalized spacial score (nSPS) is 26.9. The lowest BCUT2D eigenvalue weighted by molar-refractivity contribution is -0.0768. The first-order chi connectivity index (χ1) is 7.60. The van der Waals surface area contributed by atoms with Crippen molar-refractivity contribution in [3.05, 3.63) is 28.5 Å². The highest BCUT2D eigenvalue weighted by Crippen LogP contribution is 2.30. The second-order valence-corrected chi connectivity index (χ2v) is 5.41. The van der Waals surface area contributed by atoms with Gasteiger partial charge in [0.2, 0.25) is 0 Å². The third-order valence-corrected chi connectivity index (χ3v) is 3.58. The summed E-state index contributed by atoms with van der Waals surface area (Å²) in [7, 11) is 0. The fourth-order valence-electron chi connectivity index (χ4n) is 2.07. The Bertz CT molecular complexity index is 364. The number of aromatic nitrogens is 1. The van der Waals surface area contributed by atoms with E-state index in [4.69, 9.17) is 4.74 Å². The molecule has 0 saturated carbocycles. The zero-order chi connectivity index (χ0) is 11.6. The third kappa shape index (κ3) is 2.62. The maximum atomic E-state index is 10.2. The van der Waals surface area contributed by atoms with Crippen LogP contribution >= 0.6 is 15.9 Å².